The lowest BCUT2D eigenvalue weighted by atomic mass is 10.0. The Morgan fingerprint density at radius 2 is 2.04 bits per heavy atom. The number of carbonyl (C=O) groups is 2. The van der Waals surface area contributed by atoms with E-state index < -0.39 is 11.6 Å². The Kier molecular flexibility index (Phi) is 6.42. The highest BCUT2D eigenvalue weighted by Gasteiger charge is 2.37. The summed E-state index contributed by atoms with van der Waals surface area (Å²) in [7, 11) is 0. The standard InChI is InChI=1S/C18H25N5O2S/c1-6-12(2)23(17(25)14-11-26-22-21-14)15(13-9-7-8-10-19-13)16(24)20-18(3,4)5/h7-12,15H,6H2,1-5H3,(H,20,24)/t12-,15+/m0/s1. The third-order valence-corrected chi connectivity index (χ3v) is 4.38. The lowest BCUT2D eigenvalue weighted by Crippen LogP contribution is -2.51. The fraction of sp³-hybridized carbons (Fsp3) is 0.500. The molecule has 0 saturated heterocycles. The maximum Gasteiger partial charge on any atom is 0.276 e. The number of nitrogens with one attached hydrogen (secondary N) is 1. The molecular formula is C18H25N5O2S. The van der Waals surface area contributed by atoms with Crippen LogP contribution in [0.25, 0.3) is 0 Å². The molecule has 0 fully saturated rings. The van der Waals surface area contributed by atoms with Gasteiger partial charge in [0.25, 0.3) is 5.91 Å². The van der Waals surface area contributed by atoms with Crippen molar-refractivity contribution in [2.24, 2.45) is 0 Å². The number of nitrogens with zero attached hydrogens (tertiary/aromatic N) is 4. The molecule has 8 heteroatoms. The predicted molar refractivity (Wildman–Crippen MR) is 101 cm³/mol. The molecule has 2 rings (SSSR count). The second-order valence-electron chi connectivity index (χ2n) is 7.16. The minimum absolute atomic E-state index is 0.179. The molecule has 140 valence electrons. The van der Waals surface area contributed by atoms with Crippen LogP contribution in [0.15, 0.2) is 29.8 Å². The van der Waals surface area contributed by atoms with Crippen molar-refractivity contribution in [3.63, 3.8) is 0 Å². The zero-order chi connectivity index (χ0) is 19.3. The van der Waals surface area contributed by atoms with Crippen LogP contribution >= 0.6 is 11.5 Å². The first kappa shape index (κ1) is 20.0. The molecule has 0 aliphatic carbocycles. The highest BCUT2D eigenvalue weighted by molar-refractivity contribution is 7.03. The molecule has 7 nitrogen and oxygen atoms in total. The van der Waals surface area contributed by atoms with Crippen LogP contribution in [-0.2, 0) is 4.79 Å². The van der Waals surface area contributed by atoms with Gasteiger partial charge in [0.15, 0.2) is 11.7 Å². The molecule has 2 atom stereocenters. The van der Waals surface area contributed by atoms with Gasteiger partial charge in [-0.25, -0.2) is 0 Å². The van der Waals surface area contributed by atoms with E-state index in [2.05, 4.69) is 19.9 Å². The van der Waals surface area contributed by atoms with E-state index in [4.69, 9.17) is 0 Å². The summed E-state index contributed by atoms with van der Waals surface area (Å²) in [5, 5.41) is 8.45. The van der Waals surface area contributed by atoms with E-state index in [-0.39, 0.29) is 23.6 Å². The molecule has 2 amide bonds. The summed E-state index contributed by atoms with van der Waals surface area (Å²) in [6.07, 6.45) is 2.31. The Bertz CT molecular complexity index is 728. The third-order valence-electron chi connectivity index (χ3n) is 3.87. The lowest BCUT2D eigenvalue weighted by Gasteiger charge is -2.36. The topological polar surface area (TPSA) is 88.1 Å². The summed E-state index contributed by atoms with van der Waals surface area (Å²) < 4.78 is 3.78. The Morgan fingerprint density at radius 1 is 1.31 bits per heavy atom. The van der Waals surface area contributed by atoms with Gasteiger partial charge in [-0.1, -0.05) is 17.5 Å². The quantitative estimate of drug-likeness (QED) is 0.839. The molecule has 0 bridgehead atoms. The van der Waals surface area contributed by atoms with Crippen LogP contribution in [0.5, 0.6) is 0 Å². The van der Waals surface area contributed by atoms with Crippen LogP contribution in [0.2, 0.25) is 0 Å². The Hall–Kier alpha value is -2.35. The molecule has 26 heavy (non-hydrogen) atoms. The molecule has 0 saturated carbocycles. The van der Waals surface area contributed by atoms with Crippen LogP contribution < -0.4 is 5.32 Å². The average Bonchev–Trinajstić information content (AvgIpc) is 3.12. The second kappa shape index (κ2) is 8.35. The Balaban J connectivity index is 2.51. The first-order chi connectivity index (χ1) is 12.2. The fourth-order valence-corrected chi connectivity index (χ4v) is 2.97. The predicted octanol–water partition coefficient (Wildman–Crippen LogP) is 2.83. The summed E-state index contributed by atoms with van der Waals surface area (Å²) >= 11 is 1.11. The zero-order valence-corrected chi connectivity index (χ0v) is 16.6. The van der Waals surface area contributed by atoms with Crippen LogP contribution in [0, 0.1) is 0 Å². The van der Waals surface area contributed by atoms with E-state index in [1.807, 2.05) is 40.7 Å². The second-order valence-corrected chi connectivity index (χ2v) is 7.77. The van der Waals surface area contributed by atoms with E-state index in [0.717, 1.165) is 11.5 Å². The van der Waals surface area contributed by atoms with Gasteiger partial charge in [0.2, 0.25) is 5.91 Å². The van der Waals surface area contributed by atoms with Crippen LogP contribution in [-0.4, -0.2) is 42.9 Å². The highest BCUT2D eigenvalue weighted by atomic mass is 32.1. The first-order valence-corrected chi connectivity index (χ1v) is 9.41. The van der Waals surface area contributed by atoms with Crippen molar-refractivity contribution in [2.45, 2.75) is 58.7 Å². The fourth-order valence-electron chi connectivity index (χ4n) is 2.54. The van der Waals surface area contributed by atoms with Crippen molar-refractivity contribution in [1.29, 1.82) is 0 Å². The third kappa shape index (κ3) is 4.85. The molecule has 0 aromatic carbocycles. The maximum atomic E-state index is 13.1. The number of amides is 2. The molecule has 1 N–H and O–H groups in total. The van der Waals surface area contributed by atoms with Crippen molar-refractivity contribution in [1.82, 2.24) is 24.8 Å². The molecule has 0 aliphatic rings. The van der Waals surface area contributed by atoms with Crippen molar-refractivity contribution in [3.05, 3.63) is 41.2 Å². The van der Waals surface area contributed by atoms with Gasteiger partial charge in [-0.2, -0.15) is 0 Å². The number of hydrogen-bond acceptors (Lipinski definition) is 6. The molecular weight excluding hydrogens is 350 g/mol. The van der Waals surface area contributed by atoms with Crippen LogP contribution in [0.3, 0.4) is 0 Å². The zero-order valence-electron chi connectivity index (χ0n) is 15.8. The van der Waals surface area contributed by atoms with Crippen molar-refractivity contribution >= 4 is 23.3 Å². The number of hydrogen-bond donors (Lipinski definition) is 1. The van der Waals surface area contributed by atoms with Crippen molar-refractivity contribution in [3.8, 4) is 0 Å². The summed E-state index contributed by atoms with van der Waals surface area (Å²) in [4.78, 5) is 32.1. The summed E-state index contributed by atoms with van der Waals surface area (Å²) in [5.74, 6) is -0.596. The molecule has 2 aromatic rings. The van der Waals surface area contributed by atoms with E-state index in [0.29, 0.717) is 12.1 Å². The summed E-state index contributed by atoms with van der Waals surface area (Å²) in [6.45, 7) is 9.60. The van der Waals surface area contributed by atoms with Gasteiger partial charge in [0.1, 0.15) is 0 Å². The van der Waals surface area contributed by atoms with Gasteiger partial charge in [0, 0.05) is 23.2 Å². The molecule has 0 radical (unpaired) electrons. The van der Waals surface area contributed by atoms with E-state index in [1.165, 1.54) is 0 Å². The van der Waals surface area contributed by atoms with Gasteiger partial charge < -0.3 is 10.2 Å². The smallest absolute Gasteiger partial charge is 0.276 e. The normalized spacial score (nSPS) is 13.7. The van der Waals surface area contributed by atoms with Crippen molar-refractivity contribution < 1.29 is 9.59 Å². The minimum atomic E-state index is -0.848. The van der Waals surface area contributed by atoms with E-state index >= 15 is 0 Å². The van der Waals surface area contributed by atoms with Crippen molar-refractivity contribution in [2.75, 3.05) is 0 Å². The van der Waals surface area contributed by atoms with Gasteiger partial charge in [-0.05, 0) is 57.8 Å². The van der Waals surface area contributed by atoms with E-state index in [1.54, 1.807) is 28.6 Å². The van der Waals surface area contributed by atoms with Crippen LogP contribution in [0.4, 0.5) is 0 Å². The first-order valence-electron chi connectivity index (χ1n) is 8.57. The number of carbonyl (C=O) groups excluding carboxylic acids is 2. The molecule has 0 spiro atoms. The molecule has 0 aliphatic heterocycles. The van der Waals surface area contributed by atoms with Gasteiger partial charge in [0.05, 0.1) is 5.69 Å². The lowest BCUT2D eigenvalue weighted by molar-refractivity contribution is -0.128. The van der Waals surface area contributed by atoms with Crippen LogP contribution in [0.1, 0.15) is 63.3 Å². The number of rotatable bonds is 6. The summed E-state index contributed by atoms with van der Waals surface area (Å²) in [5.41, 5.74) is 0.321. The highest BCUT2D eigenvalue weighted by Crippen LogP contribution is 2.26. The average molecular weight is 375 g/mol. The molecule has 2 aromatic heterocycles. The number of pyridine rings is 1. The number of aromatic nitrogens is 3. The SMILES string of the molecule is CC[C@H](C)N(C(=O)c1csnn1)[C@@H](C(=O)NC(C)(C)C)c1ccccn1. The van der Waals surface area contributed by atoms with Gasteiger partial charge in [-0.3, -0.25) is 14.6 Å². The minimum Gasteiger partial charge on any atom is -0.349 e. The van der Waals surface area contributed by atoms with E-state index in [9.17, 15) is 9.59 Å². The maximum absolute atomic E-state index is 13.1. The molecule has 2 heterocycles. The van der Waals surface area contributed by atoms with Gasteiger partial charge >= 0.3 is 0 Å². The Labute approximate surface area is 158 Å². The van der Waals surface area contributed by atoms with Gasteiger partial charge in [-0.15, -0.1) is 5.10 Å². The monoisotopic (exact) mass is 375 g/mol. The largest absolute Gasteiger partial charge is 0.349 e. The summed E-state index contributed by atoms with van der Waals surface area (Å²) in [6, 6.07) is 4.32. The molecule has 0 unspecified atom stereocenters. The Morgan fingerprint density at radius 3 is 2.54 bits per heavy atom.